The van der Waals surface area contributed by atoms with Gasteiger partial charge in [-0.3, -0.25) is 0 Å². The average molecular weight is 366 g/mol. The van der Waals surface area contributed by atoms with Crippen LogP contribution in [0.25, 0.3) is 0 Å². The largest absolute Gasteiger partial charge is 0.459 e. The van der Waals surface area contributed by atoms with E-state index < -0.39 is 35.1 Å². The lowest BCUT2D eigenvalue weighted by Crippen LogP contribution is -2.00. The van der Waals surface area contributed by atoms with E-state index in [1.807, 2.05) is 0 Å². The molecule has 0 saturated heterocycles. The second-order valence-electron chi connectivity index (χ2n) is 4.84. The summed E-state index contributed by atoms with van der Waals surface area (Å²) in [6, 6.07) is 2.18. The first-order valence-electron chi connectivity index (χ1n) is 7.08. The minimum atomic E-state index is -1.33. The molecule has 0 amide bonds. The van der Waals surface area contributed by atoms with Crippen LogP contribution in [0.1, 0.15) is 13.8 Å². The van der Waals surface area contributed by atoms with Crippen LogP contribution in [-0.2, 0) is 19.1 Å². The van der Waals surface area contributed by atoms with Crippen LogP contribution in [0, 0.1) is 11.6 Å². The summed E-state index contributed by atoms with van der Waals surface area (Å²) in [6.07, 6.45) is 3.43. The highest BCUT2D eigenvalue weighted by molar-refractivity contribution is 5.87. The second-order valence-corrected chi connectivity index (χ2v) is 4.84. The Morgan fingerprint density at radius 1 is 0.808 bits per heavy atom. The van der Waals surface area contributed by atoms with Crippen LogP contribution in [0.5, 0.6) is 11.5 Å². The number of esters is 2. The Labute approximate surface area is 148 Å². The molecular weight excluding hydrogens is 350 g/mol. The van der Waals surface area contributed by atoms with Gasteiger partial charge in [-0.2, -0.15) is 8.78 Å². The highest BCUT2D eigenvalue weighted by Crippen LogP contribution is 2.27. The normalized spacial score (nSPS) is 10.6. The van der Waals surface area contributed by atoms with E-state index in [2.05, 4.69) is 22.6 Å². The van der Waals surface area contributed by atoms with E-state index in [0.717, 1.165) is 37.2 Å². The van der Waals surface area contributed by atoms with Crippen molar-refractivity contribution in [3.05, 3.63) is 73.1 Å². The van der Waals surface area contributed by atoms with Crippen LogP contribution in [0.4, 0.5) is 8.78 Å². The first-order chi connectivity index (χ1) is 12.2. The molecule has 1 aromatic rings. The maximum Gasteiger partial charge on any atom is 0.338 e. The SMILES string of the molecule is C=C(C)C(=O)OC=COc1ccc(OC=COC(=O)C(=C)C)c(F)c1F. The van der Waals surface area contributed by atoms with Gasteiger partial charge in [0.25, 0.3) is 0 Å². The minimum absolute atomic E-state index is 0.162. The third-order valence-corrected chi connectivity index (χ3v) is 2.56. The van der Waals surface area contributed by atoms with Crippen molar-refractivity contribution in [1.82, 2.24) is 0 Å². The Bertz CT molecular complexity index is 715. The summed E-state index contributed by atoms with van der Waals surface area (Å²) < 4.78 is 46.5. The summed E-state index contributed by atoms with van der Waals surface area (Å²) >= 11 is 0. The monoisotopic (exact) mass is 366 g/mol. The Balaban J connectivity index is 2.67. The first kappa shape index (κ1) is 20.6. The van der Waals surface area contributed by atoms with Gasteiger partial charge in [-0.25, -0.2) is 9.59 Å². The predicted molar refractivity (Wildman–Crippen MR) is 87.7 cm³/mol. The van der Waals surface area contributed by atoms with Gasteiger partial charge < -0.3 is 18.9 Å². The number of carbonyl (C=O) groups excluding carboxylic acids is 2. The molecule has 0 heterocycles. The van der Waals surface area contributed by atoms with Crippen LogP contribution in [0.2, 0.25) is 0 Å². The molecular formula is C18H16F2O6. The lowest BCUT2D eigenvalue weighted by molar-refractivity contribution is -0.134. The average Bonchev–Trinajstić information content (AvgIpc) is 2.59. The molecule has 0 aliphatic rings. The number of carbonyl (C=O) groups is 2. The Hall–Kier alpha value is -3.42. The second kappa shape index (κ2) is 9.77. The van der Waals surface area contributed by atoms with E-state index in [1.54, 1.807) is 0 Å². The molecule has 0 aliphatic carbocycles. The zero-order valence-electron chi connectivity index (χ0n) is 14.1. The maximum atomic E-state index is 13.9. The van der Waals surface area contributed by atoms with Crippen LogP contribution in [0.15, 0.2) is 61.5 Å². The summed E-state index contributed by atoms with van der Waals surface area (Å²) in [4.78, 5) is 22.2. The van der Waals surface area contributed by atoms with Crippen LogP contribution in [0.3, 0.4) is 0 Å². The van der Waals surface area contributed by atoms with Crippen molar-refractivity contribution in [2.45, 2.75) is 13.8 Å². The molecule has 0 fully saturated rings. The van der Waals surface area contributed by atoms with E-state index in [0.29, 0.717) is 0 Å². The number of hydrogen-bond donors (Lipinski definition) is 0. The van der Waals surface area contributed by atoms with Crippen molar-refractivity contribution >= 4 is 11.9 Å². The molecule has 1 rings (SSSR count). The van der Waals surface area contributed by atoms with Crippen molar-refractivity contribution in [2.24, 2.45) is 0 Å². The molecule has 138 valence electrons. The molecule has 1 aromatic carbocycles. The van der Waals surface area contributed by atoms with Gasteiger partial charge in [-0.1, -0.05) is 13.2 Å². The molecule has 0 N–H and O–H groups in total. The highest BCUT2D eigenvalue weighted by Gasteiger charge is 2.15. The van der Waals surface area contributed by atoms with Gasteiger partial charge in [0.1, 0.15) is 25.0 Å². The van der Waals surface area contributed by atoms with Gasteiger partial charge in [0.15, 0.2) is 11.5 Å². The molecule has 0 spiro atoms. The Morgan fingerprint density at radius 2 is 1.15 bits per heavy atom. The first-order valence-corrected chi connectivity index (χ1v) is 7.08. The summed E-state index contributed by atoms with van der Waals surface area (Å²) in [5, 5.41) is 0. The molecule has 6 nitrogen and oxygen atoms in total. The van der Waals surface area contributed by atoms with Crippen molar-refractivity contribution in [1.29, 1.82) is 0 Å². The van der Waals surface area contributed by atoms with E-state index in [4.69, 9.17) is 9.47 Å². The van der Waals surface area contributed by atoms with Gasteiger partial charge in [0.2, 0.25) is 11.6 Å². The fourth-order valence-corrected chi connectivity index (χ4v) is 1.28. The topological polar surface area (TPSA) is 71.1 Å². The fourth-order valence-electron chi connectivity index (χ4n) is 1.28. The number of benzene rings is 1. The van der Waals surface area contributed by atoms with E-state index in [1.165, 1.54) is 13.8 Å². The molecule has 0 radical (unpaired) electrons. The third-order valence-electron chi connectivity index (χ3n) is 2.56. The maximum absolute atomic E-state index is 13.9. The van der Waals surface area contributed by atoms with Crippen molar-refractivity contribution < 1.29 is 37.3 Å². The predicted octanol–water partition coefficient (Wildman–Crippen LogP) is 3.90. The number of hydrogen-bond acceptors (Lipinski definition) is 6. The Kier molecular flexibility index (Phi) is 7.75. The molecule has 0 bridgehead atoms. The zero-order valence-corrected chi connectivity index (χ0v) is 14.1. The van der Waals surface area contributed by atoms with Crippen molar-refractivity contribution in [3.63, 3.8) is 0 Å². The molecule has 0 atom stereocenters. The minimum Gasteiger partial charge on any atom is -0.459 e. The molecule has 8 heteroatoms. The molecule has 26 heavy (non-hydrogen) atoms. The van der Waals surface area contributed by atoms with Gasteiger partial charge in [0.05, 0.1) is 0 Å². The van der Waals surface area contributed by atoms with Crippen molar-refractivity contribution in [2.75, 3.05) is 0 Å². The quantitative estimate of drug-likeness (QED) is 0.395. The summed E-state index contributed by atoms with van der Waals surface area (Å²) in [6.45, 7) is 9.62. The van der Waals surface area contributed by atoms with Crippen LogP contribution >= 0.6 is 0 Å². The highest BCUT2D eigenvalue weighted by atomic mass is 19.2. The smallest absolute Gasteiger partial charge is 0.338 e. The number of ether oxygens (including phenoxy) is 4. The number of halogens is 2. The fraction of sp³-hybridized carbons (Fsp3) is 0.111. The lowest BCUT2D eigenvalue weighted by atomic mass is 10.3. The molecule has 0 saturated carbocycles. The van der Waals surface area contributed by atoms with Crippen LogP contribution in [-0.4, -0.2) is 11.9 Å². The van der Waals surface area contributed by atoms with Gasteiger partial charge in [-0.15, -0.1) is 0 Å². The Morgan fingerprint density at radius 3 is 1.46 bits per heavy atom. The van der Waals surface area contributed by atoms with E-state index >= 15 is 0 Å². The molecule has 0 aliphatic heterocycles. The zero-order chi connectivity index (χ0) is 19.7. The van der Waals surface area contributed by atoms with Crippen LogP contribution < -0.4 is 9.47 Å². The van der Waals surface area contributed by atoms with E-state index in [9.17, 15) is 18.4 Å². The van der Waals surface area contributed by atoms with Crippen molar-refractivity contribution in [3.8, 4) is 11.5 Å². The third kappa shape index (κ3) is 6.23. The lowest BCUT2D eigenvalue weighted by Gasteiger charge is -2.07. The summed E-state index contributed by atoms with van der Waals surface area (Å²) in [5.74, 6) is -4.97. The standard InChI is InChI=1S/C18H16F2O6/c1-11(2)17(21)25-9-7-23-13-5-6-14(16(20)15(13)19)24-8-10-26-18(22)12(3)4/h5-10H,1,3H2,2,4H3. The summed E-state index contributed by atoms with van der Waals surface area (Å²) in [5.41, 5.74) is 0.325. The summed E-state index contributed by atoms with van der Waals surface area (Å²) in [7, 11) is 0. The van der Waals surface area contributed by atoms with Gasteiger partial charge >= 0.3 is 11.9 Å². The van der Waals surface area contributed by atoms with Gasteiger partial charge in [-0.05, 0) is 26.0 Å². The number of rotatable bonds is 8. The van der Waals surface area contributed by atoms with Gasteiger partial charge in [0, 0.05) is 11.1 Å². The molecule has 0 unspecified atom stereocenters. The van der Waals surface area contributed by atoms with E-state index in [-0.39, 0.29) is 11.1 Å². The molecule has 0 aromatic heterocycles.